The molecular formula is C20H26O. The molecular weight excluding hydrogens is 256 g/mol. The van der Waals surface area contributed by atoms with Crippen molar-refractivity contribution in [3.8, 4) is 0 Å². The van der Waals surface area contributed by atoms with E-state index in [1.54, 1.807) is 0 Å². The summed E-state index contributed by atoms with van der Waals surface area (Å²) >= 11 is 0. The summed E-state index contributed by atoms with van der Waals surface area (Å²) in [5.41, 5.74) is 3.82. The number of carbonyl (C=O) groups excluding carboxylic acids is 1. The van der Waals surface area contributed by atoms with Gasteiger partial charge < -0.3 is 0 Å². The molecule has 0 amide bonds. The zero-order valence-electron chi connectivity index (χ0n) is 13.5. The van der Waals surface area contributed by atoms with E-state index in [0.29, 0.717) is 11.2 Å². The number of benzene rings is 1. The molecule has 2 atom stereocenters. The number of hydrogen-bond donors (Lipinski definition) is 0. The first-order valence-electron chi connectivity index (χ1n) is 8.51. The standard InChI is InChI=1S/C20H26O/c1-13-4-14(2)6-17(5-13)18(21)20-10-15-7-16(11-20)9-19(3,8-15)12-20/h4-6,15-16H,7-12H2,1-3H3. The first kappa shape index (κ1) is 13.5. The smallest absolute Gasteiger partial charge is 0.169 e. The van der Waals surface area contributed by atoms with E-state index in [0.717, 1.165) is 36.7 Å². The van der Waals surface area contributed by atoms with Gasteiger partial charge in [0.15, 0.2) is 5.78 Å². The van der Waals surface area contributed by atoms with Crippen LogP contribution in [0.15, 0.2) is 18.2 Å². The molecule has 21 heavy (non-hydrogen) atoms. The molecule has 112 valence electrons. The van der Waals surface area contributed by atoms with E-state index in [-0.39, 0.29) is 5.41 Å². The molecule has 4 aliphatic rings. The normalized spacial score (nSPS) is 40.5. The molecule has 0 aromatic heterocycles. The molecule has 0 saturated heterocycles. The van der Waals surface area contributed by atoms with Crippen molar-refractivity contribution < 1.29 is 4.79 Å². The van der Waals surface area contributed by atoms with Gasteiger partial charge >= 0.3 is 0 Å². The predicted molar refractivity (Wildman–Crippen MR) is 85.5 cm³/mol. The highest BCUT2D eigenvalue weighted by atomic mass is 16.1. The molecule has 0 spiro atoms. The molecule has 4 saturated carbocycles. The fraction of sp³-hybridized carbons (Fsp3) is 0.650. The number of aryl methyl sites for hydroxylation is 2. The van der Waals surface area contributed by atoms with Gasteiger partial charge in [-0.3, -0.25) is 4.79 Å². The van der Waals surface area contributed by atoms with Crippen molar-refractivity contribution in [2.75, 3.05) is 0 Å². The van der Waals surface area contributed by atoms with Crippen molar-refractivity contribution in [2.45, 2.75) is 59.3 Å². The molecule has 0 radical (unpaired) electrons. The van der Waals surface area contributed by atoms with Crippen molar-refractivity contribution in [1.29, 1.82) is 0 Å². The van der Waals surface area contributed by atoms with Gasteiger partial charge in [-0.05, 0) is 81.8 Å². The Morgan fingerprint density at radius 3 is 2.10 bits per heavy atom. The third-order valence-corrected chi connectivity index (χ3v) is 6.32. The molecule has 1 aromatic carbocycles. The quantitative estimate of drug-likeness (QED) is 0.690. The first-order chi connectivity index (χ1) is 9.87. The van der Waals surface area contributed by atoms with Crippen LogP contribution in [-0.4, -0.2) is 5.78 Å². The summed E-state index contributed by atoms with van der Waals surface area (Å²) in [7, 11) is 0. The highest BCUT2D eigenvalue weighted by molar-refractivity contribution is 6.01. The summed E-state index contributed by atoms with van der Waals surface area (Å²) in [5.74, 6) is 2.08. The van der Waals surface area contributed by atoms with Gasteiger partial charge in [-0.15, -0.1) is 0 Å². The molecule has 2 unspecified atom stereocenters. The minimum Gasteiger partial charge on any atom is -0.294 e. The SMILES string of the molecule is Cc1cc(C)cc(C(=O)C23CC4CC(CC(C)(C4)C2)C3)c1. The summed E-state index contributed by atoms with van der Waals surface area (Å²) in [6.45, 7) is 6.64. The molecule has 0 heterocycles. The molecule has 4 bridgehead atoms. The van der Waals surface area contributed by atoms with Crippen molar-refractivity contribution in [3.63, 3.8) is 0 Å². The second-order valence-electron chi connectivity index (χ2n) is 8.76. The van der Waals surface area contributed by atoms with Crippen LogP contribution in [0, 0.1) is 36.5 Å². The minimum atomic E-state index is -0.0287. The average Bonchev–Trinajstić information content (AvgIpc) is 2.33. The topological polar surface area (TPSA) is 17.1 Å². The molecule has 0 aliphatic heterocycles. The number of Topliss-reactive ketones (excluding diaryl/α,β-unsaturated/α-hetero) is 1. The van der Waals surface area contributed by atoms with E-state index in [1.165, 1.54) is 30.4 Å². The first-order valence-corrected chi connectivity index (χ1v) is 8.51. The van der Waals surface area contributed by atoms with E-state index in [2.05, 4.69) is 39.0 Å². The molecule has 1 nitrogen and oxygen atoms in total. The Kier molecular flexibility index (Phi) is 2.72. The largest absolute Gasteiger partial charge is 0.294 e. The lowest BCUT2D eigenvalue weighted by molar-refractivity contribution is -0.0820. The maximum absolute atomic E-state index is 13.3. The summed E-state index contributed by atoms with van der Waals surface area (Å²) < 4.78 is 0. The lowest BCUT2D eigenvalue weighted by Gasteiger charge is -2.60. The summed E-state index contributed by atoms with van der Waals surface area (Å²) in [6, 6.07) is 6.38. The Hall–Kier alpha value is -1.11. The van der Waals surface area contributed by atoms with Gasteiger partial charge in [0.2, 0.25) is 0 Å². The van der Waals surface area contributed by atoms with Crippen LogP contribution >= 0.6 is 0 Å². The van der Waals surface area contributed by atoms with Crippen LogP contribution in [0.3, 0.4) is 0 Å². The van der Waals surface area contributed by atoms with Gasteiger partial charge in [0, 0.05) is 11.0 Å². The Bertz CT molecular complexity index is 578. The Morgan fingerprint density at radius 1 is 1.00 bits per heavy atom. The second kappa shape index (κ2) is 4.21. The zero-order valence-corrected chi connectivity index (χ0v) is 13.5. The van der Waals surface area contributed by atoms with Crippen LogP contribution in [0.2, 0.25) is 0 Å². The van der Waals surface area contributed by atoms with Crippen LogP contribution in [0.25, 0.3) is 0 Å². The zero-order chi connectivity index (χ0) is 14.8. The lowest BCUT2D eigenvalue weighted by Crippen LogP contribution is -2.54. The molecule has 5 rings (SSSR count). The maximum atomic E-state index is 13.3. The monoisotopic (exact) mass is 282 g/mol. The number of rotatable bonds is 2. The van der Waals surface area contributed by atoms with Crippen molar-refractivity contribution in [2.24, 2.45) is 22.7 Å². The highest BCUT2D eigenvalue weighted by Gasteiger charge is 2.58. The van der Waals surface area contributed by atoms with E-state index in [1.807, 2.05) is 0 Å². The van der Waals surface area contributed by atoms with Crippen molar-refractivity contribution in [1.82, 2.24) is 0 Å². The Balaban J connectivity index is 1.73. The third kappa shape index (κ3) is 2.08. The number of hydrogen-bond acceptors (Lipinski definition) is 1. The Morgan fingerprint density at radius 2 is 1.57 bits per heavy atom. The van der Waals surface area contributed by atoms with Gasteiger partial charge in [0.05, 0.1) is 0 Å². The van der Waals surface area contributed by atoms with Crippen LogP contribution in [0.5, 0.6) is 0 Å². The average molecular weight is 282 g/mol. The van der Waals surface area contributed by atoms with Crippen LogP contribution < -0.4 is 0 Å². The highest BCUT2D eigenvalue weighted by Crippen LogP contribution is 2.65. The van der Waals surface area contributed by atoms with Crippen LogP contribution in [0.1, 0.15) is 66.9 Å². The van der Waals surface area contributed by atoms with Crippen LogP contribution in [0.4, 0.5) is 0 Å². The molecule has 1 heteroatoms. The fourth-order valence-corrected chi connectivity index (χ4v) is 6.40. The van der Waals surface area contributed by atoms with Crippen LogP contribution in [-0.2, 0) is 0 Å². The summed E-state index contributed by atoms with van der Waals surface area (Å²) in [5, 5.41) is 0. The van der Waals surface area contributed by atoms with E-state index < -0.39 is 0 Å². The molecule has 4 aliphatic carbocycles. The Labute approximate surface area is 128 Å². The predicted octanol–water partition coefficient (Wildman–Crippen LogP) is 5.09. The van der Waals surface area contributed by atoms with E-state index >= 15 is 0 Å². The molecule has 4 fully saturated rings. The number of carbonyl (C=O) groups is 1. The van der Waals surface area contributed by atoms with Gasteiger partial charge in [0.25, 0.3) is 0 Å². The molecule has 1 aromatic rings. The third-order valence-electron chi connectivity index (χ3n) is 6.32. The van der Waals surface area contributed by atoms with Gasteiger partial charge in [-0.25, -0.2) is 0 Å². The van der Waals surface area contributed by atoms with Gasteiger partial charge in [-0.2, -0.15) is 0 Å². The maximum Gasteiger partial charge on any atom is 0.169 e. The lowest BCUT2D eigenvalue weighted by atomic mass is 9.43. The minimum absolute atomic E-state index is 0.0287. The van der Waals surface area contributed by atoms with Crippen molar-refractivity contribution >= 4 is 5.78 Å². The summed E-state index contributed by atoms with van der Waals surface area (Å²) in [6.07, 6.45) is 7.57. The van der Waals surface area contributed by atoms with Gasteiger partial charge in [0.1, 0.15) is 0 Å². The van der Waals surface area contributed by atoms with E-state index in [9.17, 15) is 4.79 Å². The van der Waals surface area contributed by atoms with E-state index in [4.69, 9.17) is 0 Å². The van der Waals surface area contributed by atoms with Gasteiger partial charge in [-0.1, -0.05) is 24.1 Å². The molecule has 0 N–H and O–H groups in total. The summed E-state index contributed by atoms with van der Waals surface area (Å²) in [4.78, 5) is 13.3. The van der Waals surface area contributed by atoms with Crippen molar-refractivity contribution in [3.05, 3.63) is 34.9 Å². The number of ketones is 1. The second-order valence-corrected chi connectivity index (χ2v) is 8.76. The fourth-order valence-electron chi connectivity index (χ4n) is 6.40.